The molecule has 1 N–H and O–H groups in total. The summed E-state index contributed by atoms with van der Waals surface area (Å²) in [5.41, 5.74) is 5.16. The van der Waals surface area contributed by atoms with Crippen LogP contribution in [0.25, 0.3) is 10.9 Å². The predicted molar refractivity (Wildman–Crippen MR) is 122 cm³/mol. The van der Waals surface area contributed by atoms with Crippen LogP contribution in [0.15, 0.2) is 90.2 Å². The van der Waals surface area contributed by atoms with Crippen molar-refractivity contribution in [1.82, 2.24) is 4.98 Å². The molecule has 5 rings (SSSR count). The summed E-state index contributed by atoms with van der Waals surface area (Å²) in [5, 5.41) is 7.84. The van der Waals surface area contributed by atoms with Crippen LogP contribution in [-0.4, -0.2) is 16.6 Å². The lowest BCUT2D eigenvalue weighted by Crippen LogP contribution is -2.37. The fourth-order valence-corrected chi connectivity index (χ4v) is 4.00. The molecule has 3 aromatic carbocycles. The van der Waals surface area contributed by atoms with Gasteiger partial charge < -0.3 is 4.98 Å². The summed E-state index contributed by atoms with van der Waals surface area (Å²) in [6.07, 6.45) is 1.73. The number of hydrogen-bond donors (Lipinski definition) is 1. The molecule has 1 aliphatic rings. The Bertz CT molecular complexity index is 1240. The maximum atomic E-state index is 12.6. The number of nitrogens with one attached hydrogen (secondary N) is 1. The lowest BCUT2D eigenvalue weighted by molar-refractivity contribution is -0.111. The highest BCUT2D eigenvalue weighted by Gasteiger charge is 2.40. The van der Waals surface area contributed by atoms with Crippen LogP contribution in [0.1, 0.15) is 24.2 Å². The molecule has 0 unspecified atom stereocenters. The van der Waals surface area contributed by atoms with Crippen molar-refractivity contribution in [2.75, 3.05) is 9.91 Å². The Balaban J connectivity index is 1.74. The van der Waals surface area contributed by atoms with Gasteiger partial charge in [0.2, 0.25) is 0 Å². The highest BCUT2D eigenvalue weighted by atomic mass is 16.1. The van der Waals surface area contributed by atoms with E-state index in [9.17, 15) is 4.79 Å². The van der Waals surface area contributed by atoms with E-state index in [4.69, 9.17) is 5.10 Å². The van der Waals surface area contributed by atoms with Crippen molar-refractivity contribution in [2.24, 2.45) is 5.10 Å². The monoisotopic (exact) mass is 394 g/mol. The topological polar surface area (TPSA) is 51.7 Å². The Labute approximate surface area is 175 Å². The molecular formula is C25H22N4O. The van der Waals surface area contributed by atoms with Gasteiger partial charge in [-0.2, -0.15) is 0 Å². The Morgan fingerprint density at radius 3 is 2.33 bits per heavy atom. The summed E-state index contributed by atoms with van der Waals surface area (Å²) >= 11 is 0. The van der Waals surface area contributed by atoms with Gasteiger partial charge in [-0.05, 0) is 37.3 Å². The van der Waals surface area contributed by atoms with Crippen molar-refractivity contribution in [2.45, 2.75) is 20.0 Å². The number of carbonyl (C=O) groups excluding carboxylic acids is 1. The van der Waals surface area contributed by atoms with Crippen molar-refractivity contribution in [3.05, 3.63) is 96.2 Å². The van der Waals surface area contributed by atoms with E-state index in [0.29, 0.717) is 5.84 Å². The number of hydrogen-bond acceptors (Lipinski definition) is 4. The van der Waals surface area contributed by atoms with Crippen LogP contribution in [0.2, 0.25) is 0 Å². The zero-order valence-corrected chi connectivity index (χ0v) is 16.9. The molecule has 1 aliphatic heterocycles. The molecule has 0 radical (unpaired) electrons. The number of amidine groups is 1. The number of aromatic nitrogens is 1. The zero-order valence-electron chi connectivity index (χ0n) is 16.9. The van der Waals surface area contributed by atoms with Crippen LogP contribution in [0.5, 0.6) is 0 Å². The van der Waals surface area contributed by atoms with Gasteiger partial charge in [-0.3, -0.25) is 9.69 Å². The molecule has 0 bridgehead atoms. The molecule has 0 saturated heterocycles. The molecular weight excluding hydrogens is 372 g/mol. The van der Waals surface area contributed by atoms with E-state index < -0.39 is 0 Å². The van der Waals surface area contributed by atoms with Gasteiger partial charge in [-0.25, -0.2) is 5.01 Å². The van der Waals surface area contributed by atoms with Crippen molar-refractivity contribution < 1.29 is 4.79 Å². The number of aromatic amines is 1. The first kappa shape index (κ1) is 18.2. The molecule has 5 heteroatoms. The molecule has 2 heterocycles. The van der Waals surface area contributed by atoms with Crippen LogP contribution in [0, 0.1) is 6.92 Å². The Morgan fingerprint density at radius 2 is 1.60 bits per heavy atom. The molecule has 0 fully saturated rings. The van der Waals surface area contributed by atoms with E-state index in [1.54, 1.807) is 6.92 Å². The Kier molecular flexibility index (Phi) is 4.36. The fourth-order valence-electron chi connectivity index (χ4n) is 4.00. The summed E-state index contributed by atoms with van der Waals surface area (Å²) in [4.78, 5) is 18.1. The summed E-state index contributed by atoms with van der Waals surface area (Å²) in [6, 6.07) is 26.4. The predicted octanol–water partition coefficient (Wildman–Crippen LogP) is 5.40. The molecule has 0 saturated carbocycles. The minimum atomic E-state index is -0.287. The molecule has 0 aliphatic carbocycles. The summed E-state index contributed by atoms with van der Waals surface area (Å²) in [6.45, 7) is 3.63. The number of fused-ring (bicyclic) bond motifs is 1. The molecule has 5 nitrogen and oxygen atoms in total. The van der Waals surface area contributed by atoms with E-state index in [-0.39, 0.29) is 11.9 Å². The summed E-state index contributed by atoms with van der Waals surface area (Å²) in [7, 11) is 0. The first-order valence-electron chi connectivity index (χ1n) is 9.99. The van der Waals surface area contributed by atoms with E-state index in [0.717, 1.165) is 27.8 Å². The standard InChI is InChI=1S/C25H22N4O/c1-17-12-14-19(15-13-17)28-24(18(2)30)27-29(20-8-4-3-5-9-20)25(28)22-16-26-23-11-7-6-10-21(22)23/h3-16,25-26H,1-2H3/t25-/m0/s1. The molecule has 4 aromatic rings. The maximum absolute atomic E-state index is 12.6. The summed E-state index contributed by atoms with van der Waals surface area (Å²) < 4.78 is 0. The Hall–Kier alpha value is -3.86. The van der Waals surface area contributed by atoms with Crippen molar-refractivity contribution in [3.63, 3.8) is 0 Å². The smallest absolute Gasteiger partial charge is 0.198 e. The number of Topliss-reactive ketones (excluding diaryl/α,β-unsaturated/α-hetero) is 1. The van der Waals surface area contributed by atoms with E-state index in [2.05, 4.69) is 36.2 Å². The minimum Gasteiger partial charge on any atom is -0.361 e. The van der Waals surface area contributed by atoms with Crippen LogP contribution in [-0.2, 0) is 4.79 Å². The van der Waals surface area contributed by atoms with Gasteiger partial charge in [0.25, 0.3) is 0 Å². The van der Waals surface area contributed by atoms with Crippen LogP contribution >= 0.6 is 0 Å². The van der Waals surface area contributed by atoms with Gasteiger partial charge in [0.1, 0.15) is 0 Å². The maximum Gasteiger partial charge on any atom is 0.198 e. The van der Waals surface area contributed by atoms with Gasteiger partial charge in [0.05, 0.1) is 5.69 Å². The van der Waals surface area contributed by atoms with Crippen LogP contribution < -0.4 is 9.91 Å². The van der Waals surface area contributed by atoms with Crippen molar-refractivity contribution >= 4 is 33.9 Å². The number of carbonyl (C=O) groups is 1. The van der Waals surface area contributed by atoms with Gasteiger partial charge in [0, 0.05) is 35.3 Å². The van der Waals surface area contributed by atoms with Crippen molar-refractivity contribution in [3.8, 4) is 0 Å². The minimum absolute atomic E-state index is 0.0705. The average molecular weight is 394 g/mol. The normalized spacial score (nSPS) is 16.2. The van der Waals surface area contributed by atoms with Crippen LogP contribution in [0.4, 0.5) is 11.4 Å². The van der Waals surface area contributed by atoms with Gasteiger partial charge >= 0.3 is 0 Å². The highest BCUT2D eigenvalue weighted by Crippen LogP contribution is 2.41. The number of ketones is 1. The Morgan fingerprint density at radius 1 is 0.900 bits per heavy atom. The number of nitrogens with zero attached hydrogens (tertiary/aromatic N) is 3. The molecule has 1 atom stereocenters. The second-order valence-electron chi connectivity index (χ2n) is 7.53. The number of benzene rings is 3. The second-order valence-corrected chi connectivity index (χ2v) is 7.53. The fraction of sp³-hybridized carbons (Fsp3) is 0.120. The first-order chi connectivity index (χ1) is 14.6. The highest BCUT2D eigenvalue weighted by molar-refractivity contribution is 6.44. The molecule has 0 spiro atoms. The number of para-hydroxylation sites is 2. The average Bonchev–Trinajstić information content (AvgIpc) is 3.36. The lowest BCUT2D eigenvalue weighted by atomic mass is 10.1. The third-order valence-corrected chi connectivity index (χ3v) is 5.45. The quantitative estimate of drug-likeness (QED) is 0.504. The molecule has 148 valence electrons. The van der Waals surface area contributed by atoms with Gasteiger partial charge in [0.15, 0.2) is 17.8 Å². The second kappa shape index (κ2) is 7.19. The van der Waals surface area contributed by atoms with E-state index >= 15 is 0 Å². The molecule has 0 amide bonds. The van der Waals surface area contributed by atoms with Gasteiger partial charge in [-0.15, -0.1) is 5.10 Å². The molecule has 30 heavy (non-hydrogen) atoms. The third kappa shape index (κ3) is 2.95. The summed E-state index contributed by atoms with van der Waals surface area (Å²) in [5.74, 6) is 0.358. The third-order valence-electron chi connectivity index (χ3n) is 5.45. The number of H-pyrrole nitrogens is 1. The van der Waals surface area contributed by atoms with Crippen LogP contribution in [0.3, 0.4) is 0 Å². The van der Waals surface area contributed by atoms with Gasteiger partial charge in [-0.1, -0.05) is 54.1 Å². The molecule has 1 aromatic heterocycles. The first-order valence-corrected chi connectivity index (χ1v) is 9.99. The number of rotatable bonds is 4. The largest absolute Gasteiger partial charge is 0.361 e. The zero-order chi connectivity index (χ0) is 20.7. The number of hydrazone groups is 1. The number of anilines is 2. The number of aryl methyl sites for hydroxylation is 1. The van der Waals surface area contributed by atoms with E-state index in [1.165, 1.54) is 5.56 Å². The van der Waals surface area contributed by atoms with E-state index in [1.807, 2.05) is 70.7 Å². The SMILES string of the molecule is CC(=O)C1=NN(c2ccccc2)[C@@H](c2c[nH]c3ccccc23)N1c1ccc(C)cc1. The lowest BCUT2D eigenvalue weighted by Gasteiger charge is -2.31. The van der Waals surface area contributed by atoms with Crippen molar-refractivity contribution in [1.29, 1.82) is 0 Å².